The Morgan fingerprint density at radius 2 is 1.89 bits per heavy atom. The number of pyridine rings is 1. The van der Waals surface area contributed by atoms with E-state index in [0.717, 1.165) is 28.7 Å². The van der Waals surface area contributed by atoms with Gasteiger partial charge in [0.1, 0.15) is 5.76 Å². The molecule has 1 aliphatic carbocycles. The minimum absolute atomic E-state index is 0.0460. The van der Waals surface area contributed by atoms with E-state index in [0.29, 0.717) is 5.57 Å². The first-order valence-corrected chi connectivity index (χ1v) is 9.58. The SMILES string of the molecule is Cc1cc(C)c(C2=C(O)[C@@H]3C4OC(CC4c4cccnc4)[C@@H]3C2=O)c(C)c1. The topological polar surface area (TPSA) is 59.4 Å². The average Bonchev–Trinajstić information content (AvgIpc) is 3.29. The molecule has 0 spiro atoms. The zero-order valence-corrected chi connectivity index (χ0v) is 15.8. The van der Waals surface area contributed by atoms with Gasteiger partial charge in [0, 0.05) is 18.3 Å². The Hall–Kier alpha value is -2.46. The van der Waals surface area contributed by atoms with E-state index in [1.165, 1.54) is 5.56 Å². The van der Waals surface area contributed by atoms with Gasteiger partial charge in [-0.2, -0.15) is 0 Å². The summed E-state index contributed by atoms with van der Waals surface area (Å²) in [5, 5.41) is 11.2. The molecule has 1 aromatic carbocycles. The molecule has 2 bridgehead atoms. The Bertz CT molecular complexity index is 955. The smallest absolute Gasteiger partial charge is 0.173 e. The summed E-state index contributed by atoms with van der Waals surface area (Å²) in [5.74, 6) is -0.0418. The number of ketones is 1. The third-order valence-corrected chi connectivity index (χ3v) is 6.52. The molecule has 0 amide bonds. The van der Waals surface area contributed by atoms with E-state index < -0.39 is 0 Å². The van der Waals surface area contributed by atoms with Crippen LogP contribution in [0.1, 0.15) is 40.2 Å². The van der Waals surface area contributed by atoms with Crippen molar-refractivity contribution >= 4 is 11.4 Å². The van der Waals surface area contributed by atoms with Crippen molar-refractivity contribution in [3.05, 3.63) is 70.2 Å². The first-order chi connectivity index (χ1) is 13.0. The molecule has 5 rings (SSSR count). The minimum atomic E-state index is -0.252. The maximum Gasteiger partial charge on any atom is 0.173 e. The molecule has 0 saturated carbocycles. The molecule has 4 heteroatoms. The first-order valence-electron chi connectivity index (χ1n) is 9.58. The number of ether oxygens (including phenoxy) is 1. The van der Waals surface area contributed by atoms with Crippen LogP contribution in [0.2, 0.25) is 0 Å². The van der Waals surface area contributed by atoms with Crippen LogP contribution < -0.4 is 0 Å². The van der Waals surface area contributed by atoms with E-state index in [2.05, 4.69) is 30.1 Å². The van der Waals surface area contributed by atoms with E-state index in [-0.39, 0.29) is 41.5 Å². The number of benzene rings is 1. The van der Waals surface area contributed by atoms with Gasteiger partial charge in [-0.25, -0.2) is 0 Å². The van der Waals surface area contributed by atoms with Crippen LogP contribution in [0.25, 0.3) is 5.57 Å². The summed E-state index contributed by atoms with van der Waals surface area (Å²) in [4.78, 5) is 17.5. The Labute approximate surface area is 158 Å². The highest BCUT2D eigenvalue weighted by atomic mass is 16.5. The van der Waals surface area contributed by atoms with Crippen LogP contribution in [0.4, 0.5) is 0 Å². The lowest BCUT2D eigenvalue weighted by atomic mass is 9.73. The highest BCUT2D eigenvalue weighted by molar-refractivity contribution is 6.26. The number of aromatic nitrogens is 1. The van der Waals surface area contributed by atoms with Gasteiger partial charge in [0.05, 0.1) is 29.6 Å². The molecule has 1 N–H and O–H groups in total. The van der Waals surface area contributed by atoms with Gasteiger partial charge in [0.2, 0.25) is 0 Å². The van der Waals surface area contributed by atoms with Gasteiger partial charge in [-0.3, -0.25) is 9.78 Å². The number of fused-ring (bicyclic) bond motifs is 5. The van der Waals surface area contributed by atoms with Crippen LogP contribution in [-0.2, 0) is 9.53 Å². The van der Waals surface area contributed by atoms with Gasteiger partial charge in [0.25, 0.3) is 0 Å². The average molecular weight is 361 g/mol. The lowest BCUT2D eigenvalue weighted by molar-refractivity contribution is -0.118. The van der Waals surface area contributed by atoms with Crippen molar-refractivity contribution in [3.63, 3.8) is 0 Å². The number of hydrogen-bond acceptors (Lipinski definition) is 4. The van der Waals surface area contributed by atoms with Crippen molar-refractivity contribution in [2.45, 2.75) is 45.3 Å². The molecule has 3 heterocycles. The fraction of sp³-hybridized carbons (Fsp3) is 0.391. The molecule has 1 aromatic heterocycles. The molecule has 2 aromatic rings. The fourth-order valence-corrected chi connectivity index (χ4v) is 5.60. The van der Waals surface area contributed by atoms with Gasteiger partial charge in [-0.05, 0) is 55.5 Å². The highest BCUT2D eigenvalue weighted by Gasteiger charge is 2.62. The van der Waals surface area contributed by atoms with Crippen LogP contribution in [-0.4, -0.2) is 28.1 Å². The number of Topliss-reactive ketones (excluding diaryl/α,β-unsaturated/α-hetero) is 1. The molecule has 3 unspecified atom stereocenters. The number of allylic oxidation sites excluding steroid dienone is 1. The predicted molar refractivity (Wildman–Crippen MR) is 102 cm³/mol. The second-order valence-corrected chi connectivity index (χ2v) is 8.22. The molecule has 5 atom stereocenters. The third kappa shape index (κ3) is 2.26. The number of carbonyl (C=O) groups is 1. The van der Waals surface area contributed by atoms with Crippen LogP contribution >= 0.6 is 0 Å². The second-order valence-electron chi connectivity index (χ2n) is 8.22. The van der Waals surface area contributed by atoms with Gasteiger partial charge >= 0.3 is 0 Å². The van der Waals surface area contributed by atoms with Gasteiger partial charge in [-0.1, -0.05) is 23.8 Å². The molecule has 27 heavy (non-hydrogen) atoms. The largest absolute Gasteiger partial charge is 0.511 e. The summed E-state index contributed by atoms with van der Waals surface area (Å²) in [6.07, 6.45) is 4.17. The standard InChI is InChI=1S/C23H23NO3/c1-11-7-12(2)17(13(3)8-11)19-21(25)18-16-9-15(14-5-4-6-24-10-14)23(27-16)20(18)22(19)26/h4-8,10,15-16,18,20,23,26H,9H2,1-3H3/t15?,16?,18-,20+,23?/m0/s1. The molecule has 3 aliphatic rings. The number of rotatable bonds is 2. The number of carbonyl (C=O) groups excluding carboxylic acids is 1. The normalized spacial score (nSPS) is 31.7. The van der Waals surface area contributed by atoms with Crippen LogP contribution in [0.5, 0.6) is 0 Å². The number of aryl methyl sites for hydroxylation is 3. The highest BCUT2D eigenvalue weighted by Crippen LogP contribution is 2.58. The number of nitrogens with zero attached hydrogens (tertiary/aromatic N) is 1. The van der Waals surface area contributed by atoms with Crippen molar-refractivity contribution in [1.82, 2.24) is 4.98 Å². The van der Waals surface area contributed by atoms with E-state index in [9.17, 15) is 9.90 Å². The monoisotopic (exact) mass is 361 g/mol. The van der Waals surface area contributed by atoms with Gasteiger partial charge in [-0.15, -0.1) is 0 Å². The van der Waals surface area contributed by atoms with E-state index >= 15 is 0 Å². The van der Waals surface area contributed by atoms with Crippen molar-refractivity contribution in [2.24, 2.45) is 11.8 Å². The number of hydrogen-bond donors (Lipinski definition) is 1. The predicted octanol–water partition coefficient (Wildman–Crippen LogP) is 4.05. The van der Waals surface area contributed by atoms with Crippen LogP contribution in [0.15, 0.2) is 42.4 Å². The van der Waals surface area contributed by atoms with Crippen LogP contribution in [0, 0.1) is 32.6 Å². The molecule has 2 fully saturated rings. The summed E-state index contributed by atoms with van der Waals surface area (Å²) in [6.45, 7) is 6.08. The summed E-state index contributed by atoms with van der Waals surface area (Å²) in [5.41, 5.74) is 5.79. The fourth-order valence-electron chi connectivity index (χ4n) is 5.60. The molecule has 0 radical (unpaired) electrons. The quantitative estimate of drug-likeness (QED) is 0.877. The van der Waals surface area contributed by atoms with E-state index in [1.807, 2.05) is 26.1 Å². The van der Waals surface area contributed by atoms with Crippen molar-refractivity contribution in [3.8, 4) is 0 Å². The second kappa shape index (κ2) is 5.77. The maximum absolute atomic E-state index is 13.3. The minimum Gasteiger partial charge on any atom is -0.511 e. The Morgan fingerprint density at radius 1 is 1.15 bits per heavy atom. The molecular weight excluding hydrogens is 338 g/mol. The molecule has 138 valence electrons. The number of aliphatic hydroxyl groups is 1. The number of aliphatic hydroxyl groups excluding tert-OH is 1. The zero-order valence-electron chi connectivity index (χ0n) is 15.8. The van der Waals surface area contributed by atoms with E-state index in [1.54, 1.807) is 6.20 Å². The Balaban J connectivity index is 1.59. The lowest BCUT2D eigenvalue weighted by Gasteiger charge is -2.27. The summed E-state index contributed by atoms with van der Waals surface area (Å²) in [6, 6.07) is 8.14. The van der Waals surface area contributed by atoms with Crippen molar-refractivity contribution in [2.75, 3.05) is 0 Å². The molecular formula is C23H23NO3. The molecule has 2 saturated heterocycles. The zero-order chi connectivity index (χ0) is 18.9. The molecule has 4 nitrogen and oxygen atoms in total. The summed E-state index contributed by atoms with van der Waals surface area (Å²) >= 11 is 0. The first kappa shape index (κ1) is 16.7. The van der Waals surface area contributed by atoms with Crippen molar-refractivity contribution < 1.29 is 14.6 Å². The summed E-state index contributed by atoms with van der Waals surface area (Å²) < 4.78 is 6.17. The van der Waals surface area contributed by atoms with Gasteiger partial charge < -0.3 is 9.84 Å². The Morgan fingerprint density at radius 3 is 2.56 bits per heavy atom. The van der Waals surface area contributed by atoms with Crippen molar-refractivity contribution in [1.29, 1.82) is 0 Å². The Kier molecular flexibility index (Phi) is 3.57. The lowest BCUT2D eigenvalue weighted by Crippen LogP contribution is -2.33. The molecule has 2 aliphatic heterocycles. The summed E-state index contributed by atoms with van der Waals surface area (Å²) in [7, 11) is 0. The third-order valence-electron chi connectivity index (χ3n) is 6.52. The van der Waals surface area contributed by atoms with Gasteiger partial charge in [0.15, 0.2) is 5.78 Å². The van der Waals surface area contributed by atoms with Crippen LogP contribution in [0.3, 0.4) is 0 Å². The maximum atomic E-state index is 13.3. The van der Waals surface area contributed by atoms with E-state index in [4.69, 9.17) is 4.74 Å².